The third-order valence-electron chi connectivity index (χ3n) is 2.32. The molecule has 0 atom stereocenters. The Kier molecular flexibility index (Phi) is 4.28. The third-order valence-corrected chi connectivity index (χ3v) is 3.18. The number of nitrogens with zero attached hydrogens (tertiary/aromatic N) is 2. The summed E-state index contributed by atoms with van der Waals surface area (Å²) >= 11 is 8.27. The largest absolute Gasteiger partial charge is 0.495 e. The number of methoxy groups -OCH3 is 1. The zero-order chi connectivity index (χ0) is 13.8. The summed E-state index contributed by atoms with van der Waals surface area (Å²) in [6.45, 7) is 0. The Hall–Kier alpha value is -1.73. The molecule has 1 aromatic heterocycles. The number of benzene rings is 1. The van der Waals surface area contributed by atoms with Gasteiger partial charge in [-0.3, -0.25) is 0 Å². The second-order valence-electron chi connectivity index (χ2n) is 3.60. The van der Waals surface area contributed by atoms with Gasteiger partial charge in [-0.05, 0) is 34.1 Å². The van der Waals surface area contributed by atoms with E-state index < -0.39 is 0 Å². The normalized spacial score (nSPS) is 10.0. The molecule has 0 aliphatic rings. The number of halogens is 1. The summed E-state index contributed by atoms with van der Waals surface area (Å²) < 4.78 is 6.09. The fourth-order valence-corrected chi connectivity index (χ4v) is 1.94. The second kappa shape index (κ2) is 5.94. The minimum absolute atomic E-state index is 0.235. The van der Waals surface area contributed by atoms with Crippen LogP contribution in [-0.2, 0) is 0 Å². The van der Waals surface area contributed by atoms with Gasteiger partial charge < -0.3 is 15.8 Å². The molecular formula is C12H11BrN4OS. The van der Waals surface area contributed by atoms with E-state index >= 15 is 0 Å². The minimum atomic E-state index is 0.235. The Morgan fingerprint density at radius 2 is 2.21 bits per heavy atom. The van der Waals surface area contributed by atoms with Crippen molar-refractivity contribution in [2.24, 2.45) is 5.73 Å². The Labute approximate surface area is 124 Å². The maximum Gasteiger partial charge on any atom is 0.227 e. The average molecular weight is 339 g/mol. The van der Waals surface area contributed by atoms with Crippen LogP contribution in [-0.4, -0.2) is 22.1 Å². The van der Waals surface area contributed by atoms with E-state index in [-0.39, 0.29) is 4.99 Å². The van der Waals surface area contributed by atoms with Gasteiger partial charge in [0, 0.05) is 18.0 Å². The highest BCUT2D eigenvalue weighted by molar-refractivity contribution is 9.10. The van der Waals surface area contributed by atoms with Gasteiger partial charge in [-0.2, -0.15) is 0 Å². The molecule has 1 aromatic carbocycles. The van der Waals surface area contributed by atoms with Crippen molar-refractivity contribution in [1.82, 2.24) is 9.97 Å². The monoisotopic (exact) mass is 338 g/mol. The van der Waals surface area contributed by atoms with Crippen LogP contribution >= 0.6 is 28.1 Å². The maximum absolute atomic E-state index is 5.53. The van der Waals surface area contributed by atoms with Crippen molar-refractivity contribution < 1.29 is 4.74 Å². The zero-order valence-electron chi connectivity index (χ0n) is 10.1. The highest BCUT2D eigenvalue weighted by atomic mass is 79.9. The average Bonchev–Trinajstić information content (AvgIpc) is 2.41. The smallest absolute Gasteiger partial charge is 0.227 e. The molecule has 19 heavy (non-hydrogen) atoms. The van der Waals surface area contributed by atoms with Crippen molar-refractivity contribution in [2.45, 2.75) is 0 Å². The minimum Gasteiger partial charge on any atom is -0.495 e. The first kappa shape index (κ1) is 13.7. The highest BCUT2D eigenvalue weighted by Gasteiger charge is 2.05. The van der Waals surface area contributed by atoms with Crippen LogP contribution in [0.1, 0.15) is 5.69 Å². The van der Waals surface area contributed by atoms with Gasteiger partial charge in [0.15, 0.2) is 0 Å². The molecule has 0 saturated carbocycles. The second-order valence-corrected chi connectivity index (χ2v) is 4.90. The Morgan fingerprint density at radius 1 is 1.42 bits per heavy atom. The number of hydrogen-bond donors (Lipinski definition) is 2. The fraction of sp³-hybridized carbons (Fsp3) is 0.0833. The van der Waals surface area contributed by atoms with E-state index in [0.29, 0.717) is 11.6 Å². The first-order chi connectivity index (χ1) is 9.10. The summed E-state index contributed by atoms with van der Waals surface area (Å²) in [6, 6.07) is 7.25. The van der Waals surface area contributed by atoms with E-state index in [4.69, 9.17) is 22.7 Å². The van der Waals surface area contributed by atoms with Crippen LogP contribution in [0.25, 0.3) is 0 Å². The summed E-state index contributed by atoms with van der Waals surface area (Å²) in [7, 11) is 1.61. The lowest BCUT2D eigenvalue weighted by Gasteiger charge is -2.08. The molecule has 0 fully saturated rings. The number of hydrogen-bond acceptors (Lipinski definition) is 5. The van der Waals surface area contributed by atoms with Crippen LogP contribution in [0, 0.1) is 0 Å². The lowest BCUT2D eigenvalue weighted by Crippen LogP contribution is -2.12. The number of ether oxygens (including phenoxy) is 1. The van der Waals surface area contributed by atoms with Gasteiger partial charge in [0.1, 0.15) is 16.4 Å². The standard InChI is InChI=1S/C12H11BrN4OS/c1-18-10-6-7(2-3-8(10)13)16-12-15-5-4-9(17-12)11(14)19/h2-6H,1H3,(H2,14,19)(H,15,16,17). The fourth-order valence-electron chi connectivity index (χ4n) is 1.42. The number of nitrogens with two attached hydrogens (primary N) is 1. The zero-order valence-corrected chi connectivity index (χ0v) is 12.5. The number of nitrogens with one attached hydrogen (secondary N) is 1. The van der Waals surface area contributed by atoms with Crippen molar-refractivity contribution in [3.05, 3.63) is 40.6 Å². The third kappa shape index (κ3) is 3.39. The van der Waals surface area contributed by atoms with Crippen molar-refractivity contribution in [2.75, 3.05) is 12.4 Å². The van der Waals surface area contributed by atoms with Crippen LogP contribution in [0.15, 0.2) is 34.9 Å². The van der Waals surface area contributed by atoms with E-state index in [2.05, 4.69) is 31.2 Å². The molecule has 0 spiro atoms. The van der Waals surface area contributed by atoms with E-state index in [1.807, 2.05) is 18.2 Å². The summed E-state index contributed by atoms with van der Waals surface area (Å²) in [5.74, 6) is 1.14. The molecule has 0 aliphatic heterocycles. The molecule has 3 N–H and O–H groups in total. The van der Waals surface area contributed by atoms with Crippen molar-refractivity contribution in [1.29, 1.82) is 0 Å². The molecule has 0 unspecified atom stereocenters. The van der Waals surface area contributed by atoms with Crippen LogP contribution in [0.3, 0.4) is 0 Å². The van der Waals surface area contributed by atoms with Crippen molar-refractivity contribution in [3.8, 4) is 5.75 Å². The molecule has 1 heterocycles. The highest BCUT2D eigenvalue weighted by Crippen LogP contribution is 2.28. The number of anilines is 2. The summed E-state index contributed by atoms with van der Waals surface area (Å²) in [4.78, 5) is 8.54. The Morgan fingerprint density at radius 3 is 2.89 bits per heavy atom. The molecule has 2 rings (SSSR count). The predicted octanol–water partition coefficient (Wildman–Crippen LogP) is 2.63. The Balaban J connectivity index is 2.26. The van der Waals surface area contributed by atoms with Gasteiger partial charge in [0.25, 0.3) is 0 Å². The predicted molar refractivity (Wildman–Crippen MR) is 81.9 cm³/mol. The first-order valence-corrected chi connectivity index (χ1v) is 6.53. The van der Waals surface area contributed by atoms with Gasteiger partial charge >= 0.3 is 0 Å². The first-order valence-electron chi connectivity index (χ1n) is 5.33. The molecule has 0 amide bonds. The number of rotatable bonds is 4. The van der Waals surface area contributed by atoms with Gasteiger partial charge in [-0.25, -0.2) is 9.97 Å². The molecule has 0 bridgehead atoms. The van der Waals surface area contributed by atoms with E-state index in [9.17, 15) is 0 Å². The van der Waals surface area contributed by atoms with Crippen LogP contribution in [0.5, 0.6) is 5.75 Å². The number of thiocarbonyl (C=S) groups is 1. The molecule has 0 saturated heterocycles. The van der Waals surface area contributed by atoms with Crippen molar-refractivity contribution in [3.63, 3.8) is 0 Å². The van der Waals surface area contributed by atoms with E-state index in [0.717, 1.165) is 15.9 Å². The topological polar surface area (TPSA) is 73.1 Å². The summed E-state index contributed by atoms with van der Waals surface area (Å²) in [5, 5.41) is 3.06. The van der Waals surface area contributed by atoms with Crippen LogP contribution in [0.2, 0.25) is 0 Å². The van der Waals surface area contributed by atoms with Gasteiger partial charge in [0.05, 0.1) is 11.6 Å². The lowest BCUT2D eigenvalue weighted by atomic mass is 10.3. The molecular weight excluding hydrogens is 328 g/mol. The molecule has 0 radical (unpaired) electrons. The summed E-state index contributed by atoms with van der Waals surface area (Å²) in [6.07, 6.45) is 1.60. The van der Waals surface area contributed by atoms with Gasteiger partial charge in [-0.15, -0.1) is 0 Å². The lowest BCUT2D eigenvalue weighted by molar-refractivity contribution is 0.412. The van der Waals surface area contributed by atoms with Crippen LogP contribution < -0.4 is 15.8 Å². The SMILES string of the molecule is COc1cc(Nc2nccc(C(N)=S)n2)ccc1Br. The quantitative estimate of drug-likeness (QED) is 0.835. The molecule has 2 aromatic rings. The van der Waals surface area contributed by atoms with E-state index in [1.54, 1.807) is 19.4 Å². The summed E-state index contributed by atoms with van der Waals surface area (Å²) in [5.41, 5.74) is 6.86. The van der Waals surface area contributed by atoms with Crippen molar-refractivity contribution >= 4 is 44.8 Å². The molecule has 98 valence electrons. The van der Waals surface area contributed by atoms with Gasteiger partial charge in [-0.1, -0.05) is 12.2 Å². The molecule has 5 nitrogen and oxygen atoms in total. The molecule has 7 heteroatoms. The van der Waals surface area contributed by atoms with Gasteiger partial charge in [0.2, 0.25) is 5.95 Å². The van der Waals surface area contributed by atoms with Crippen LogP contribution in [0.4, 0.5) is 11.6 Å². The maximum atomic E-state index is 5.53. The number of aromatic nitrogens is 2. The molecule has 0 aliphatic carbocycles. The van der Waals surface area contributed by atoms with E-state index in [1.165, 1.54) is 0 Å². The Bertz CT molecular complexity index is 620.